The van der Waals surface area contributed by atoms with E-state index in [1.807, 2.05) is 18.2 Å². The number of nitriles is 1. The van der Waals surface area contributed by atoms with Crippen LogP contribution in [0.15, 0.2) is 24.3 Å². The van der Waals surface area contributed by atoms with Gasteiger partial charge in [-0.3, -0.25) is 0 Å². The molecule has 0 amide bonds. The van der Waals surface area contributed by atoms with Crippen LogP contribution in [0, 0.1) is 11.3 Å². The van der Waals surface area contributed by atoms with Gasteiger partial charge in [0.25, 0.3) is 0 Å². The van der Waals surface area contributed by atoms with Crippen LogP contribution in [0.4, 0.5) is 0 Å². The topological polar surface area (TPSA) is 52.5 Å². The number of H-pyrrole nitrogens is 1. The number of hydrogen-bond acceptors (Lipinski definition) is 2. The standard InChI is InChI=1S/C14H14ClN3/c1-14(2,3)10-6-4-9(5-7-10)13-17-11(8-16)12(15)18-13/h4-7H,1-3H3,(H,17,18). The van der Waals surface area contributed by atoms with Crippen LogP contribution in [0.3, 0.4) is 0 Å². The number of halogens is 1. The summed E-state index contributed by atoms with van der Waals surface area (Å²) >= 11 is 5.86. The Labute approximate surface area is 111 Å². The van der Waals surface area contributed by atoms with Crippen LogP contribution in [0.25, 0.3) is 11.4 Å². The third kappa shape index (κ3) is 2.39. The first-order valence-corrected chi connectivity index (χ1v) is 6.06. The average molecular weight is 260 g/mol. The lowest BCUT2D eigenvalue weighted by Crippen LogP contribution is -2.10. The lowest BCUT2D eigenvalue weighted by molar-refractivity contribution is 0.590. The summed E-state index contributed by atoms with van der Waals surface area (Å²) in [6.45, 7) is 6.50. The summed E-state index contributed by atoms with van der Waals surface area (Å²) in [4.78, 5) is 7.04. The van der Waals surface area contributed by atoms with Crippen molar-refractivity contribution in [2.24, 2.45) is 0 Å². The molecular formula is C14H14ClN3. The first-order chi connectivity index (χ1) is 8.41. The predicted octanol–water partition coefficient (Wildman–Crippen LogP) is 3.90. The Morgan fingerprint density at radius 1 is 1.22 bits per heavy atom. The molecule has 3 nitrogen and oxygen atoms in total. The number of aromatic nitrogens is 2. The predicted molar refractivity (Wildman–Crippen MR) is 72.4 cm³/mol. The SMILES string of the molecule is CC(C)(C)c1ccc(-c2nc(C#N)c(Cl)[nH]2)cc1. The van der Waals surface area contributed by atoms with Crippen molar-refractivity contribution in [2.75, 3.05) is 0 Å². The maximum atomic E-state index is 8.81. The van der Waals surface area contributed by atoms with Gasteiger partial charge in [0.15, 0.2) is 5.69 Å². The Bertz CT molecular complexity index is 597. The van der Waals surface area contributed by atoms with Crippen LogP contribution in [-0.2, 0) is 5.41 Å². The number of aromatic amines is 1. The third-order valence-corrected chi connectivity index (χ3v) is 3.06. The Hall–Kier alpha value is -1.79. The smallest absolute Gasteiger partial charge is 0.178 e. The molecule has 0 unspecified atom stereocenters. The summed E-state index contributed by atoms with van der Waals surface area (Å²) in [7, 11) is 0. The summed E-state index contributed by atoms with van der Waals surface area (Å²) in [5.41, 5.74) is 2.53. The molecule has 0 fully saturated rings. The molecule has 0 aliphatic rings. The Kier molecular flexibility index (Phi) is 3.14. The zero-order valence-electron chi connectivity index (χ0n) is 10.6. The summed E-state index contributed by atoms with van der Waals surface area (Å²) in [6, 6.07) is 10.0. The lowest BCUT2D eigenvalue weighted by atomic mass is 9.87. The second-order valence-corrected chi connectivity index (χ2v) is 5.57. The monoisotopic (exact) mass is 259 g/mol. The minimum absolute atomic E-state index is 0.122. The molecule has 0 radical (unpaired) electrons. The van der Waals surface area contributed by atoms with E-state index in [-0.39, 0.29) is 16.3 Å². The second-order valence-electron chi connectivity index (χ2n) is 5.19. The fourth-order valence-electron chi connectivity index (χ4n) is 1.69. The maximum Gasteiger partial charge on any atom is 0.178 e. The van der Waals surface area contributed by atoms with Crippen molar-refractivity contribution in [3.63, 3.8) is 0 Å². The molecule has 1 aromatic carbocycles. The quantitative estimate of drug-likeness (QED) is 0.844. The highest BCUT2D eigenvalue weighted by Gasteiger charge is 2.14. The van der Waals surface area contributed by atoms with Gasteiger partial charge in [-0.05, 0) is 11.0 Å². The van der Waals surface area contributed by atoms with Crippen molar-refractivity contribution in [1.82, 2.24) is 9.97 Å². The molecule has 0 saturated heterocycles. The van der Waals surface area contributed by atoms with E-state index < -0.39 is 0 Å². The van der Waals surface area contributed by atoms with E-state index in [9.17, 15) is 0 Å². The van der Waals surface area contributed by atoms with Crippen LogP contribution in [0.2, 0.25) is 5.15 Å². The van der Waals surface area contributed by atoms with E-state index in [1.54, 1.807) is 0 Å². The number of hydrogen-bond donors (Lipinski definition) is 1. The van der Waals surface area contributed by atoms with Gasteiger partial charge in [0, 0.05) is 5.56 Å². The van der Waals surface area contributed by atoms with Gasteiger partial charge in [0.1, 0.15) is 17.0 Å². The van der Waals surface area contributed by atoms with Gasteiger partial charge in [-0.2, -0.15) is 5.26 Å². The summed E-state index contributed by atoms with van der Waals surface area (Å²) < 4.78 is 0. The van der Waals surface area contributed by atoms with E-state index in [2.05, 4.69) is 42.9 Å². The number of nitrogens with zero attached hydrogens (tertiary/aromatic N) is 2. The molecule has 1 heterocycles. The van der Waals surface area contributed by atoms with Crippen LogP contribution < -0.4 is 0 Å². The molecule has 18 heavy (non-hydrogen) atoms. The van der Waals surface area contributed by atoms with E-state index in [0.717, 1.165) is 5.56 Å². The van der Waals surface area contributed by atoms with E-state index >= 15 is 0 Å². The second kappa shape index (κ2) is 4.47. The lowest BCUT2D eigenvalue weighted by Gasteiger charge is -2.18. The number of imidazole rings is 1. The van der Waals surface area contributed by atoms with Gasteiger partial charge >= 0.3 is 0 Å². The van der Waals surface area contributed by atoms with E-state index in [0.29, 0.717) is 5.82 Å². The fourth-order valence-corrected chi connectivity index (χ4v) is 1.86. The van der Waals surface area contributed by atoms with Gasteiger partial charge < -0.3 is 4.98 Å². The number of rotatable bonds is 1. The summed E-state index contributed by atoms with van der Waals surface area (Å²) in [5.74, 6) is 0.622. The van der Waals surface area contributed by atoms with Crippen molar-refractivity contribution in [3.8, 4) is 17.5 Å². The Balaban J connectivity index is 2.38. The molecule has 4 heteroatoms. The molecule has 0 spiro atoms. The van der Waals surface area contributed by atoms with Crippen molar-refractivity contribution in [1.29, 1.82) is 5.26 Å². The highest BCUT2D eigenvalue weighted by molar-refractivity contribution is 6.30. The van der Waals surface area contributed by atoms with Crippen LogP contribution >= 0.6 is 11.6 Å². The highest BCUT2D eigenvalue weighted by Crippen LogP contribution is 2.26. The first-order valence-electron chi connectivity index (χ1n) is 5.68. The van der Waals surface area contributed by atoms with Gasteiger partial charge in [0.05, 0.1) is 0 Å². The largest absolute Gasteiger partial charge is 0.328 e. The normalized spacial score (nSPS) is 11.3. The molecule has 0 aliphatic carbocycles. The molecule has 0 saturated carbocycles. The molecule has 1 aromatic heterocycles. The van der Waals surface area contributed by atoms with E-state index in [4.69, 9.17) is 16.9 Å². The molecule has 2 aromatic rings. The summed E-state index contributed by atoms with van der Waals surface area (Å²) in [5, 5.41) is 9.10. The molecule has 0 aliphatic heterocycles. The zero-order chi connectivity index (χ0) is 13.3. The summed E-state index contributed by atoms with van der Waals surface area (Å²) in [6.07, 6.45) is 0. The van der Waals surface area contributed by atoms with Crippen molar-refractivity contribution >= 4 is 11.6 Å². The van der Waals surface area contributed by atoms with Crippen molar-refractivity contribution in [2.45, 2.75) is 26.2 Å². The van der Waals surface area contributed by atoms with Crippen LogP contribution in [-0.4, -0.2) is 9.97 Å². The van der Waals surface area contributed by atoms with Gasteiger partial charge in [-0.15, -0.1) is 0 Å². The first kappa shape index (κ1) is 12.7. The van der Waals surface area contributed by atoms with Crippen LogP contribution in [0.5, 0.6) is 0 Å². The molecule has 2 rings (SSSR count). The highest BCUT2D eigenvalue weighted by atomic mass is 35.5. The maximum absolute atomic E-state index is 8.81. The minimum Gasteiger partial charge on any atom is -0.328 e. The van der Waals surface area contributed by atoms with Crippen LogP contribution in [0.1, 0.15) is 32.0 Å². The molecule has 92 valence electrons. The molecule has 0 atom stereocenters. The van der Waals surface area contributed by atoms with Crippen molar-refractivity contribution in [3.05, 3.63) is 40.7 Å². The molecule has 1 N–H and O–H groups in total. The van der Waals surface area contributed by atoms with Gasteiger partial charge in [-0.1, -0.05) is 56.6 Å². The van der Waals surface area contributed by atoms with Gasteiger partial charge in [-0.25, -0.2) is 4.98 Å². The Morgan fingerprint density at radius 3 is 2.28 bits per heavy atom. The third-order valence-electron chi connectivity index (χ3n) is 2.79. The number of nitrogens with one attached hydrogen (secondary N) is 1. The molecule has 0 bridgehead atoms. The number of benzene rings is 1. The van der Waals surface area contributed by atoms with E-state index in [1.165, 1.54) is 5.56 Å². The Morgan fingerprint density at radius 2 is 1.83 bits per heavy atom. The van der Waals surface area contributed by atoms with Crippen molar-refractivity contribution < 1.29 is 0 Å². The molecular weight excluding hydrogens is 246 g/mol. The van der Waals surface area contributed by atoms with Gasteiger partial charge in [0.2, 0.25) is 0 Å². The zero-order valence-corrected chi connectivity index (χ0v) is 11.3. The fraction of sp³-hybridized carbons (Fsp3) is 0.286. The minimum atomic E-state index is 0.122. The average Bonchev–Trinajstić information content (AvgIpc) is 2.69.